The van der Waals surface area contributed by atoms with Gasteiger partial charge in [0, 0.05) is 30.2 Å². The first-order chi connectivity index (χ1) is 9.63. The summed E-state index contributed by atoms with van der Waals surface area (Å²) < 4.78 is 5.71. The maximum absolute atomic E-state index is 5.71. The number of para-hydroxylation sites is 1. The lowest BCUT2D eigenvalue weighted by molar-refractivity contribution is 0.236. The summed E-state index contributed by atoms with van der Waals surface area (Å²) in [6, 6.07) is 10.0. The van der Waals surface area contributed by atoms with Crippen molar-refractivity contribution in [3.63, 3.8) is 0 Å². The second kappa shape index (κ2) is 7.09. The molecule has 2 atom stereocenters. The lowest BCUT2D eigenvalue weighted by Crippen LogP contribution is -2.39. The topological polar surface area (TPSA) is 24.5 Å². The predicted octanol–water partition coefficient (Wildman–Crippen LogP) is 3.22. The zero-order valence-corrected chi connectivity index (χ0v) is 13.2. The third-order valence-corrected chi connectivity index (χ3v) is 4.22. The molecule has 112 valence electrons. The van der Waals surface area contributed by atoms with Gasteiger partial charge in [-0.1, -0.05) is 18.2 Å². The van der Waals surface area contributed by atoms with E-state index in [1.165, 1.54) is 18.4 Å². The van der Waals surface area contributed by atoms with Crippen LogP contribution in [0.4, 0.5) is 0 Å². The quantitative estimate of drug-likeness (QED) is 0.789. The van der Waals surface area contributed by atoms with Gasteiger partial charge in [-0.15, -0.1) is 0 Å². The van der Waals surface area contributed by atoms with Crippen LogP contribution in [0.25, 0.3) is 0 Å². The second-order valence-corrected chi connectivity index (χ2v) is 5.85. The van der Waals surface area contributed by atoms with Crippen molar-refractivity contribution in [1.29, 1.82) is 0 Å². The van der Waals surface area contributed by atoms with Crippen LogP contribution in [0.15, 0.2) is 24.3 Å². The predicted molar refractivity (Wildman–Crippen MR) is 84.3 cm³/mol. The van der Waals surface area contributed by atoms with E-state index in [-0.39, 0.29) is 0 Å². The van der Waals surface area contributed by atoms with Crippen molar-refractivity contribution in [2.45, 2.75) is 51.7 Å². The van der Waals surface area contributed by atoms with Crippen molar-refractivity contribution in [3.05, 3.63) is 29.8 Å². The fourth-order valence-electron chi connectivity index (χ4n) is 2.57. The summed E-state index contributed by atoms with van der Waals surface area (Å²) in [6.45, 7) is 8.26. The van der Waals surface area contributed by atoms with Gasteiger partial charge in [-0.2, -0.15) is 0 Å². The van der Waals surface area contributed by atoms with Crippen LogP contribution in [0.5, 0.6) is 5.75 Å². The highest BCUT2D eigenvalue weighted by molar-refractivity contribution is 5.35. The molecule has 2 rings (SSSR count). The Morgan fingerprint density at radius 1 is 1.30 bits per heavy atom. The maximum Gasteiger partial charge on any atom is 0.124 e. The molecule has 1 aliphatic carbocycles. The van der Waals surface area contributed by atoms with E-state index in [0.29, 0.717) is 18.7 Å². The fraction of sp³-hybridized carbons (Fsp3) is 0.647. The summed E-state index contributed by atoms with van der Waals surface area (Å²) >= 11 is 0. The Balaban J connectivity index is 1.89. The molecule has 2 unspecified atom stereocenters. The normalized spacial score (nSPS) is 18.1. The molecule has 0 spiro atoms. The fourth-order valence-corrected chi connectivity index (χ4v) is 2.57. The van der Waals surface area contributed by atoms with Crippen LogP contribution in [0.3, 0.4) is 0 Å². The minimum absolute atomic E-state index is 0.313. The summed E-state index contributed by atoms with van der Waals surface area (Å²) in [5.41, 5.74) is 1.25. The van der Waals surface area contributed by atoms with Crippen molar-refractivity contribution in [2.24, 2.45) is 0 Å². The minimum atomic E-state index is 0.313. The number of nitrogens with one attached hydrogen (secondary N) is 1. The first-order valence-electron chi connectivity index (χ1n) is 7.80. The summed E-state index contributed by atoms with van der Waals surface area (Å²) in [6.07, 6.45) is 2.73. The van der Waals surface area contributed by atoms with Gasteiger partial charge < -0.3 is 10.1 Å². The smallest absolute Gasteiger partial charge is 0.124 e. The summed E-state index contributed by atoms with van der Waals surface area (Å²) in [5.74, 6) is 0.998. The number of benzene rings is 1. The molecule has 1 aromatic rings. The van der Waals surface area contributed by atoms with E-state index >= 15 is 0 Å². The minimum Gasteiger partial charge on any atom is -0.494 e. The third kappa shape index (κ3) is 3.97. The lowest BCUT2D eigenvalue weighted by atomic mass is 10.1. The van der Waals surface area contributed by atoms with Gasteiger partial charge in [0.1, 0.15) is 5.75 Å². The van der Waals surface area contributed by atoms with Crippen molar-refractivity contribution in [2.75, 3.05) is 20.2 Å². The zero-order chi connectivity index (χ0) is 14.5. The van der Waals surface area contributed by atoms with Crippen LogP contribution in [0.2, 0.25) is 0 Å². The number of nitrogens with zero attached hydrogens (tertiary/aromatic N) is 1. The van der Waals surface area contributed by atoms with Gasteiger partial charge in [-0.05, 0) is 46.7 Å². The molecule has 1 aliphatic rings. The Hall–Kier alpha value is -1.06. The number of hydrogen-bond acceptors (Lipinski definition) is 3. The van der Waals surface area contributed by atoms with Crippen LogP contribution in [-0.2, 0) is 0 Å². The van der Waals surface area contributed by atoms with E-state index in [4.69, 9.17) is 4.74 Å². The first kappa shape index (κ1) is 15.3. The van der Waals surface area contributed by atoms with E-state index in [1.54, 1.807) is 0 Å². The van der Waals surface area contributed by atoms with Crippen LogP contribution >= 0.6 is 0 Å². The Morgan fingerprint density at radius 2 is 2.00 bits per heavy atom. The van der Waals surface area contributed by atoms with Crippen LogP contribution in [-0.4, -0.2) is 37.2 Å². The number of ether oxygens (including phenoxy) is 1. The van der Waals surface area contributed by atoms with Crippen molar-refractivity contribution in [1.82, 2.24) is 10.2 Å². The molecule has 3 nitrogen and oxygen atoms in total. The molecule has 0 saturated heterocycles. The largest absolute Gasteiger partial charge is 0.494 e. The molecule has 3 heteroatoms. The molecule has 0 aromatic heterocycles. The molecular formula is C17H28N2O. The van der Waals surface area contributed by atoms with Gasteiger partial charge in [0.25, 0.3) is 0 Å². The number of rotatable bonds is 8. The van der Waals surface area contributed by atoms with Gasteiger partial charge >= 0.3 is 0 Å². The molecule has 0 radical (unpaired) electrons. The highest BCUT2D eigenvalue weighted by Gasteiger charge is 2.29. The average molecular weight is 276 g/mol. The van der Waals surface area contributed by atoms with Gasteiger partial charge in [-0.3, -0.25) is 4.90 Å². The van der Waals surface area contributed by atoms with Gasteiger partial charge in [0.15, 0.2) is 0 Å². The molecule has 0 heterocycles. The monoisotopic (exact) mass is 276 g/mol. The van der Waals surface area contributed by atoms with Crippen molar-refractivity contribution >= 4 is 0 Å². The molecular weight excluding hydrogens is 248 g/mol. The Morgan fingerprint density at radius 3 is 2.65 bits per heavy atom. The Kier molecular flexibility index (Phi) is 5.44. The number of hydrogen-bond donors (Lipinski definition) is 1. The number of likely N-dealkylation sites (N-methyl/N-ethyl adjacent to an activating group) is 1. The van der Waals surface area contributed by atoms with Gasteiger partial charge in [0.05, 0.1) is 6.61 Å². The first-order valence-corrected chi connectivity index (χ1v) is 7.80. The van der Waals surface area contributed by atoms with E-state index in [9.17, 15) is 0 Å². The third-order valence-electron chi connectivity index (χ3n) is 4.22. The highest BCUT2D eigenvalue weighted by Crippen LogP contribution is 2.27. The second-order valence-electron chi connectivity index (χ2n) is 5.85. The molecule has 1 fully saturated rings. The van der Waals surface area contributed by atoms with Crippen LogP contribution in [0.1, 0.15) is 45.2 Å². The van der Waals surface area contributed by atoms with Crippen molar-refractivity contribution in [3.8, 4) is 5.75 Å². The van der Waals surface area contributed by atoms with E-state index < -0.39 is 0 Å². The summed E-state index contributed by atoms with van der Waals surface area (Å²) in [7, 11) is 2.24. The van der Waals surface area contributed by atoms with Gasteiger partial charge in [-0.25, -0.2) is 0 Å². The molecule has 1 saturated carbocycles. The maximum atomic E-state index is 5.71. The van der Waals surface area contributed by atoms with Crippen LogP contribution in [0, 0.1) is 0 Å². The zero-order valence-electron chi connectivity index (χ0n) is 13.2. The van der Waals surface area contributed by atoms with Crippen molar-refractivity contribution < 1.29 is 4.74 Å². The highest BCUT2D eigenvalue weighted by atomic mass is 16.5. The Bertz CT molecular complexity index is 417. The standard InChI is InChI=1S/C17H28N2O/c1-5-20-17-9-7-6-8-16(17)14(3)18-12-13(2)19(4)15-10-11-15/h6-9,13-15,18H,5,10-12H2,1-4H3. The molecule has 0 bridgehead atoms. The molecule has 1 aromatic carbocycles. The summed E-state index contributed by atoms with van der Waals surface area (Å²) in [4.78, 5) is 2.49. The SMILES string of the molecule is CCOc1ccccc1C(C)NCC(C)N(C)C1CC1. The summed E-state index contributed by atoms with van der Waals surface area (Å²) in [5, 5.41) is 3.64. The molecule has 0 amide bonds. The molecule has 20 heavy (non-hydrogen) atoms. The molecule has 0 aliphatic heterocycles. The van der Waals surface area contributed by atoms with Crippen LogP contribution < -0.4 is 10.1 Å². The average Bonchev–Trinajstić information content (AvgIpc) is 3.29. The van der Waals surface area contributed by atoms with E-state index in [1.807, 2.05) is 13.0 Å². The van der Waals surface area contributed by atoms with E-state index in [2.05, 4.69) is 49.3 Å². The lowest BCUT2D eigenvalue weighted by Gasteiger charge is -2.27. The Labute approximate surface area is 123 Å². The van der Waals surface area contributed by atoms with E-state index in [0.717, 1.165) is 18.3 Å². The van der Waals surface area contributed by atoms with Gasteiger partial charge in [0.2, 0.25) is 0 Å². The molecule has 1 N–H and O–H groups in total.